The van der Waals surface area contributed by atoms with Crippen LogP contribution in [0, 0.1) is 17.5 Å². The Morgan fingerprint density at radius 3 is 2.44 bits per heavy atom. The van der Waals surface area contributed by atoms with Gasteiger partial charge in [0.25, 0.3) is 11.5 Å². The first-order valence-corrected chi connectivity index (χ1v) is 10.9. The highest BCUT2D eigenvalue weighted by atomic mass is 19.1. The van der Waals surface area contributed by atoms with Gasteiger partial charge in [-0.2, -0.15) is 0 Å². The number of aromatic nitrogens is 2. The van der Waals surface area contributed by atoms with Crippen molar-refractivity contribution < 1.29 is 32.2 Å². The van der Waals surface area contributed by atoms with Crippen LogP contribution in [-0.4, -0.2) is 27.1 Å². The number of furan rings is 1. The molecule has 3 aromatic heterocycles. The molecule has 0 aliphatic rings. The van der Waals surface area contributed by atoms with Crippen LogP contribution in [0.15, 0.2) is 45.9 Å². The van der Waals surface area contributed by atoms with E-state index in [1.165, 1.54) is 50.0 Å². The normalized spacial score (nSPS) is 11.7. The summed E-state index contributed by atoms with van der Waals surface area (Å²) < 4.78 is 54.5. The van der Waals surface area contributed by atoms with Crippen LogP contribution in [0.2, 0.25) is 0 Å². The zero-order chi connectivity index (χ0) is 26.4. The van der Waals surface area contributed by atoms with Gasteiger partial charge in [0, 0.05) is 55.3 Å². The number of rotatable bonds is 6. The van der Waals surface area contributed by atoms with Gasteiger partial charge in [0.1, 0.15) is 11.4 Å². The highest BCUT2D eigenvalue weighted by molar-refractivity contribution is 6.00. The third-order valence-corrected chi connectivity index (χ3v) is 5.42. The van der Waals surface area contributed by atoms with Gasteiger partial charge < -0.3 is 24.1 Å². The van der Waals surface area contributed by atoms with E-state index in [9.17, 15) is 27.9 Å². The lowest BCUT2D eigenvalue weighted by Gasteiger charge is -2.20. The minimum atomic E-state index is -1.37. The van der Waals surface area contributed by atoms with Crippen LogP contribution < -0.4 is 15.6 Å². The smallest absolute Gasteiger partial charge is 0.287 e. The maximum absolute atomic E-state index is 14.4. The first-order chi connectivity index (χ1) is 16.9. The molecular formula is C25H22F3N3O5. The summed E-state index contributed by atoms with van der Waals surface area (Å²) in [6, 6.07) is 3.66. The summed E-state index contributed by atoms with van der Waals surface area (Å²) in [6.07, 6.45) is 2.63. The van der Waals surface area contributed by atoms with Crippen molar-refractivity contribution in [3.8, 4) is 22.8 Å². The second-order valence-corrected chi connectivity index (χ2v) is 8.61. The summed E-state index contributed by atoms with van der Waals surface area (Å²) in [5.74, 6) is -5.61. The van der Waals surface area contributed by atoms with E-state index in [0.717, 1.165) is 0 Å². The first kappa shape index (κ1) is 25.0. The maximum Gasteiger partial charge on any atom is 0.287 e. The Balaban J connectivity index is 2.00. The van der Waals surface area contributed by atoms with Crippen molar-refractivity contribution in [3.05, 3.63) is 75.8 Å². The van der Waals surface area contributed by atoms with Crippen molar-refractivity contribution in [3.63, 3.8) is 0 Å². The molecule has 1 amide bonds. The minimum Gasteiger partial charge on any atom is -0.450 e. The van der Waals surface area contributed by atoms with E-state index >= 15 is 0 Å². The molecule has 11 heteroatoms. The van der Waals surface area contributed by atoms with Crippen LogP contribution in [0.25, 0.3) is 22.1 Å². The molecule has 0 radical (unpaired) electrons. The molecule has 0 unspecified atom stereocenters. The molecule has 0 fully saturated rings. The van der Waals surface area contributed by atoms with Crippen LogP contribution in [0.5, 0.6) is 11.6 Å². The second kappa shape index (κ2) is 9.15. The van der Waals surface area contributed by atoms with Crippen LogP contribution in [0.3, 0.4) is 0 Å². The monoisotopic (exact) mass is 501 g/mol. The molecule has 0 aliphatic carbocycles. The average Bonchev–Trinajstić information content (AvgIpc) is 3.24. The summed E-state index contributed by atoms with van der Waals surface area (Å²) in [7, 11) is 1.47. The summed E-state index contributed by atoms with van der Waals surface area (Å²) in [6.45, 7) is 5.05. The Morgan fingerprint density at radius 1 is 1.17 bits per heavy atom. The number of hydrogen-bond donors (Lipinski definition) is 2. The predicted molar refractivity (Wildman–Crippen MR) is 124 cm³/mol. The van der Waals surface area contributed by atoms with Crippen molar-refractivity contribution in [1.29, 1.82) is 0 Å². The Morgan fingerprint density at radius 2 is 1.83 bits per heavy atom. The second-order valence-electron chi connectivity index (χ2n) is 8.61. The number of aliphatic hydroxyl groups is 1. The predicted octanol–water partition coefficient (Wildman–Crippen LogP) is 4.38. The van der Waals surface area contributed by atoms with E-state index in [4.69, 9.17) is 9.15 Å². The highest BCUT2D eigenvalue weighted by Gasteiger charge is 2.26. The van der Waals surface area contributed by atoms with E-state index < -0.39 is 40.3 Å². The lowest BCUT2D eigenvalue weighted by atomic mass is 9.96. The third-order valence-electron chi connectivity index (χ3n) is 5.42. The number of halogens is 3. The molecule has 36 heavy (non-hydrogen) atoms. The molecule has 1 aromatic carbocycles. The van der Waals surface area contributed by atoms with Gasteiger partial charge in [-0.3, -0.25) is 9.59 Å². The standard InChI is InChI=1S/C25H22F3N3O5/c1-5-29-22(32)19-9-15-20(35-19)16(11-31(4)24(15)33)14-6-12(25(2,3)34)10-30-23(14)36-21-17(27)7-13(26)8-18(21)28/h6-11,34H,5H2,1-4H3,(H,29,32). The van der Waals surface area contributed by atoms with E-state index in [2.05, 4.69) is 10.3 Å². The number of benzene rings is 1. The SMILES string of the molecule is CCNC(=O)c1cc2c(=O)n(C)cc(-c3cc(C(C)(C)O)cnc3Oc3c(F)cc(F)cc3F)c2o1. The van der Waals surface area contributed by atoms with E-state index in [-0.39, 0.29) is 33.7 Å². The van der Waals surface area contributed by atoms with Gasteiger partial charge in [0.2, 0.25) is 11.6 Å². The van der Waals surface area contributed by atoms with Crippen molar-refractivity contribution in [2.75, 3.05) is 6.54 Å². The number of aryl methyl sites for hydroxylation is 1. The molecule has 8 nitrogen and oxygen atoms in total. The Kier molecular flexibility index (Phi) is 6.35. The number of pyridine rings is 2. The number of nitrogens with zero attached hydrogens (tertiary/aromatic N) is 2. The van der Waals surface area contributed by atoms with Gasteiger partial charge >= 0.3 is 0 Å². The Hall–Kier alpha value is -4.12. The molecule has 3 heterocycles. The van der Waals surface area contributed by atoms with Gasteiger partial charge in [0.05, 0.1) is 16.6 Å². The molecule has 188 valence electrons. The van der Waals surface area contributed by atoms with Gasteiger partial charge in [0.15, 0.2) is 17.4 Å². The zero-order valence-corrected chi connectivity index (χ0v) is 19.8. The topological polar surface area (TPSA) is 107 Å². The molecule has 0 bridgehead atoms. The number of hydrogen-bond acceptors (Lipinski definition) is 6. The zero-order valence-electron chi connectivity index (χ0n) is 19.8. The summed E-state index contributed by atoms with van der Waals surface area (Å²) >= 11 is 0. The summed E-state index contributed by atoms with van der Waals surface area (Å²) in [5.41, 5.74) is -1.24. The first-order valence-electron chi connectivity index (χ1n) is 10.9. The lowest BCUT2D eigenvalue weighted by Crippen LogP contribution is -2.22. The number of nitrogens with one attached hydrogen (secondary N) is 1. The fourth-order valence-corrected chi connectivity index (χ4v) is 3.59. The van der Waals surface area contributed by atoms with Crippen molar-refractivity contribution in [1.82, 2.24) is 14.9 Å². The Bertz CT molecular complexity index is 1530. The van der Waals surface area contributed by atoms with E-state index in [0.29, 0.717) is 24.2 Å². The van der Waals surface area contributed by atoms with Gasteiger partial charge in [-0.05, 0) is 26.8 Å². The Labute approximate surface area is 203 Å². The van der Waals surface area contributed by atoms with Gasteiger partial charge in [-0.1, -0.05) is 0 Å². The molecule has 4 aromatic rings. The quantitative estimate of drug-likeness (QED) is 0.406. The third kappa shape index (κ3) is 4.57. The number of ether oxygens (including phenoxy) is 1. The van der Waals surface area contributed by atoms with Crippen LogP contribution in [-0.2, 0) is 12.6 Å². The number of carbonyl (C=O) groups is 1. The lowest BCUT2D eigenvalue weighted by molar-refractivity contribution is 0.0781. The van der Waals surface area contributed by atoms with Crippen LogP contribution in [0.4, 0.5) is 13.2 Å². The largest absolute Gasteiger partial charge is 0.450 e. The van der Waals surface area contributed by atoms with Crippen LogP contribution in [0.1, 0.15) is 36.9 Å². The number of fused-ring (bicyclic) bond motifs is 1. The van der Waals surface area contributed by atoms with Crippen molar-refractivity contribution >= 4 is 16.9 Å². The van der Waals surface area contributed by atoms with Gasteiger partial charge in [-0.15, -0.1) is 0 Å². The molecule has 0 saturated heterocycles. The van der Waals surface area contributed by atoms with Crippen LogP contribution >= 0.6 is 0 Å². The fourth-order valence-electron chi connectivity index (χ4n) is 3.59. The molecule has 4 rings (SSSR count). The highest BCUT2D eigenvalue weighted by Crippen LogP contribution is 2.39. The molecule has 0 aliphatic heterocycles. The van der Waals surface area contributed by atoms with Gasteiger partial charge in [-0.25, -0.2) is 18.2 Å². The minimum absolute atomic E-state index is 0.000973. The number of carbonyl (C=O) groups excluding carboxylic acids is 1. The van der Waals surface area contributed by atoms with E-state index in [1.807, 2.05) is 0 Å². The molecule has 0 atom stereocenters. The van der Waals surface area contributed by atoms with E-state index in [1.54, 1.807) is 6.92 Å². The molecular weight excluding hydrogens is 479 g/mol. The molecule has 0 spiro atoms. The summed E-state index contributed by atoms with van der Waals surface area (Å²) in [4.78, 5) is 29.3. The molecule has 0 saturated carbocycles. The fraction of sp³-hybridized carbons (Fsp3) is 0.240. The number of amides is 1. The average molecular weight is 501 g/mol. The van der Waals surface area contributed by atoms with Crippen molar-refractivity contribution in [2.24, 2.45) is 7.05 Å². The maximum atomic E-state index is 14.4. The molecule has 2 N–H and O–H groups in total. The summed E-state index contributed by atoms with van der Waals surface area (Å²) in [5, 5.41) is 13.2. The van der Waals surface area contributed by atoms with Crippen molar-refractivity contribution in [2.45, 2.75) is 26.4 Å².